The molecule has 2 N–H and O–H groups in total. The van der Waals surface area contributed by atoms with Crippen molar-refractivity contribution in [3.05, 3.63) is 30.3 Å². The van der Waals surface area contributed by atoms with Gasteiger partial charge in [-0.15, -0.1) is 0 Å². The fourth-order valence-electron chi connectivity index (χ4n) is 3.95. The smallest absolute Gasteiger partial charge is 0.410 e. The van der Waals surface area contributed by atoms with Crippen LogP contribution in [0.4, 0.5) is 15.3 Å². The number of nitrogens with one attached hydrogen (secondary N) is 2. The van der Waals surface area contributed by atoms with Gasteiger partial charge in [-0.05, 0) is 58.6 Å². The van der Waals surface area contributed by atoms with E-state index in [1.54, 1.807) is 9.80 Å². The molecule has 8 nitrogen and oxygen atoms in total. The molecule has 2 heterocycles. The molecular weight excluding hydrogens is 396 g/mol. The van der Waals surface area contributed by atoms with Crippen LogP contribution in [0, 0.1) is 5.92 Å². The molecule has 1 aromatic rings. The molecule has 0 spiro atoms. The number of piperidine rings is 2. The lowest BCUT2D eigenvalue weighted by atomic mass is 9.96. The predicted octanol–water partition coefficient (Wildman–Crippen LogP) is 3.45. The summed E-state index contributed by atoms with van der Waals surface area (Å²) in [5.74, 6) is -0.235. The van der Waals surface area contributed by atoms with Gasteiger partial charge < -0.3 is 25.2 Å². The van der Waals surface area contributed by atoms with Crippen molar-refractivity contribution in [3.63, 3.8) is 0 Å². The standard InChI is InChI=1S/C23H34N4O4/c1-23(2,3)31-22(30)27-13-7-8-17(16-27)20(28)24-19-11-14-26(15-12-19)21(29)25-18-9-5-4-6-10-18/h4-6,9-10,17,19H,7-8,11-16H2,1-3H3,(H,24,28)(H,25,29). The van der Waals surface area contributed by atoms with Crippen molar-refractivity contribution in [2.75, 3.05) is 31.5 Å². The molecule has 1 unspecified atom stereocenters. The molecule has 1 atom stereocenters. The van der Waals surface area contributed by atoms with Crippen LogP contribution in [-0.4, -0.2) is 65.7 Å². The fourth-order valence-corrected chi connectivity index (χ4v) is 3.95. The van der Waals surface area contributed by atoms with Crippen LogP contribution in [0.25, 0.3) is 0 Å². The number of hydrogen-bond donors (Lipinski definition) is 2. The number of ether oxygens (including phenoxy) is 1. The molecule has 2 aliphatic rings. The number of carbonyl (C=O) groups excluding carboxylic acids is 3. The Labute approximate surface area is 184 Å². The number of rotatable bonds is 3. The number of benzene rings is 1. The average Bonchev–Trinajstić information content (AvgIpc) is 2.74. The summed E-state index contributed by atoms with van der Waals surface area (Å²) in [6.45, 7) is 7.71. The van der Waals surface area contributed by atoms with E-state index in [4.69, 9.17) is 4.74 Å². The summed E-state index contributed by atoms with van der Waals surface area (Å²) in [4.78, 5) is 41.0. The van der Waals surface area contributed by atoms with Crippen LogP contribution in [0.2, 0.25) is 0 Å². The maximum Gasteiger partial charge on any atom is 0.410 e. The zero-order valence-electron chi connectivity index (χ0n) is 18.7. The highest BCUT2D eigenvalue weighted by molar-refractivity contribution is 5.89. The summed E-state index contributed by atoms with van der Waals surface area (Å²) >= 11 is 0. The van der Waals surface area contributed by atoms with Crippen LogP contribution in [0.5, 0.6) is 0 Å². The highest BCUT2D eigenvalue weighted by atomic mass is 16.6. The van der Waals surface area contributed by atoms with Gasteiger partial charge in [0.25, 0.3) is 0 Å². The van der Waals surface area contributed by atoms with Crippen LogP contribution >= 0.6 is 0 Å². The van der Waals surface area contributed by atoms with Crippen molar-refractivity contribution in [1.29, 1.82) is 0 Å². The molecule has 2 fully saturated rings. The van der Waals surface area contributed by atoms with Crippen molar-refractivity contribution >= 4 is 23.7 Å². The minimum atomic E-state index is -0.549. The molecule has 170 valence electrons. The summed E-state index contributed by atoms with van der Waals surface area (Å²) in [6, 6.07) is 9.31. The van der Waals surface area contributed by atoms with E-state index in [1.807, 2.05) is 51.1 Å². The van der Waals surface area contributed by atoms with Crippen molar-refractivity contribution in [3.8, 4) is 0 Å². The van der Waals surface area contributed by atoms with Crippen molar-refractivity contribution in [2.45, 2.75) is 58.1 Å². The second-order valence-electron chi connectivity index (χ2n) is 9.33. The number of para-hydroxylation sites is 1. The first kappa shape index (κ1) is 22.9. The maximum absolute atomic E-state index is 12.8. The van der Waals surface area contributed by atoms with Gasteiger partial charge >= 0.3 is 12.1 Å². The number of hydrogen-bond acceptors (Lipinski definition) is 4. The lowest BCUT2D eigenvalue weighted by Gasteiger charge is -2.36. The third-order valence-corrected chi connectivity index (χ3v) is 5.60. The van der Waals surface area contributed by atoms with Crippen molar-refractivity contribution in [2.24, 2.45) is 5.92 Å². The Morgan fingerprint density at radius 1 is 0.968 bits per heavy atom. The molecule has 4 amide bonds. The Hall–Kier alpha value is -2.77. The summed E-state index contributed by atoms with van der Waals surface area (Å²) in [6.07, 6.45) is 2.63. The van der Waals surface area contributed by atoms with Crippen LogP contribution in [0.1, 0.15) is 46.5 Å². The highest BCUT2D eigenvalue weighted by Gasteiger charge is 2.32. The third kappa shape index (κ3) is 6.87. The van der Waals surface area contributed by atoms with Gasteiger partial charge in [-0.1, -0.05) is 18.2 Å². The van der Waals surface area contributed by atoms with E-state index in [-0.39, 0.29) is 30.0 Å². The Bertz CT molecular complexity index is 770. The predicted molar refractivity (Wildman–Crippen MR) is 119 cm³/mol. The molecule has 0 aliphatic carbocycles. The van der Waals surface area contributed by atoms with E-state index in [2.05, 4.69) is 10.6 Å². The van der Waals surface area contributed by atoms with Gasteiger partial charge in [-0.25, -0.2) is 9.59 Å². The Kier molecular flexibility index (Phi) is 7.41. The molecule has 31 heavy (non-hydrogen) atoms. The van der Waals surface area contributed by atoms with E-state index in [1.165, 1.54) is 0 Å². The van der Waals surface area contributed by atoms with Gasteiger partial charge in [0.1, 0.15) is 5.60 Å². The Morgan fingerprint density at radius 3 is 2.29 bits per heavy atom. The maximum atomic E-state index is 12.8. The van der Waals surface area contributed by atoms with Gasteiger partial charge in [-0.2, -0.15) is 0 Å². The number of nitrogens with zero attached hydrogens (tertiary/aromatic N) is 2. The lowest BCUT2D eigenvalue weighted by molar-refractivity contribution is -0.127. The molecule has 2 aliphatic heterocycles. The first-order chi connectivity index (χ1) is 14.7. The van der Waals surface area contributed by atoms with Crippen LogP contribution in [0.3, 0.4) is 0 Å². The SMILES string of the molecule is CC(C)(C)OC(=O)N1CCCC(C(=O)NC2CCN(C(=O)Nc3ccccc3)CC2)C1. The Morgan fingerprint density at radius 2 is 1.65 bits per heavy atom. The van der Waals surface area contributed by atoms with Gasteiger partial charge in [0.2, 0.25) is 5.91 Å². The summed E-state index contributed by atoms with van der Waals surface area (Å²) < 4.78 is 5.44. The van der Waals surface area contributed by atoms with E-state index in [0.29, 0.717) is 26.2 Å². The van der Waals surface area contributed by atoms with E-state index >= 15 is 0 Å². The molecule has 0 bridgehead atoms. The summed E-state index contributed by atoms with van der Waals surface area (Å²) in [5.41, 5.74) is 0.224. The number of carbonyl (C=O) groups is 3. The quantitative estimate of drug-likeness (QED) is 0.768. The van der Waals surface area contributed by atoms with Gasteiger partial charge in [0, 0.05) is 37.9 Å². The minimum Gasteiger partial charge on any atom is -0.444 e. The molecule has 8 heteroatoms. The highest BCUT2D eigenvalue weighted by Crippen LogP contribution is 2.21. The summed E-state index contributed by atoms with van der Waals surface area (Å²) in [7, 11) is 0. The number of amides is 4. The topological polar surface area (TPSA) is 91.0 Å². The van der Waals surface area contributed by atoms with Gasteiger partial charge in [0.15, 0.2) is 0 Å². The molecule has 0 aromatic heterocycles. The molecule has 0 radical (unpaired) electrons. The zero-order chi connectivity index (χ0) is 22.4. The normalized spacial score (nSPS) is 20.2. The van der Waals surface area contributed by atoms with Crippen LogP contribution in [0.15, 0.2) is 30.3 Å². The lowest BCUT2D eigenvalue weighted by Crippen LogP contribution is -2.51. The Balaban J connectivity index is 1.43. The van der Waals surface area contributed by atoms with Crippen molar-refractivity contribution in [1.82, 2.24) is 15.1 Å². The summed E-state index contributed by atoms with van der Waals surface area (Å²) in [5, 5.41) is 6.03. The molecular formula is C23H34N4O4. The second-order valence-corrected chi connectivity index (χ2v) is 9.33. The molecule has 2 saturated heterocycles. The second kappa shape index (κ2) is 10.0. The molecule has 1 aromatic carbocycles. The molecule has 3 rings (SSSR count). The third-order valence-electron chi connectivity index (χ3n) is 5.60. The van der Waals surface area contributed by atoms with E-state index in [0.717, 1.165) is 31.4 Å². The number of likely N-dealkylation sites (tertiary alicyclic amines) is 2. The van der Waals surface area contributed by atoms with Gasteiger partial charge in [0.05, 0.1) is 5.92 Å². The van der Waals surface area contributed by atoms with Crippen LogP contribution in [-0.2, 0) is 9.53 Å². The number of anilines is 1. The molecule has 0 saturated carbocycles. The van der Waals surface area contributed by atoms with Crippen molar-refractivity contribution < 1.29 is 19.1 Å². The largest absolute Gasteiger partial charge is 0.444 e. The first-order valence-corrected chi connectivity index (χ1v) is 11.1. The van der Waals surface area contributed by atoms with Crippen LogP contribution < -0.4 is 10.6 Å². The average molecular weight is 431 g/mol. The van der Waals surface area contributed by atoms with E-state index < -0.39 is 5.60 Å². The fraction of sp³-hybridized carbons (Fsp3) is 0.609. The van der Waals surface area contributed by atoms with Gasteiger partial charge in [-0.3, -0.25) is 4.79 Å². The zero-order valence-corrected chi connectivity index (χ0v) is 18.7. The first-order valence-electron chi connectivity index (χ1n) is 11.1. The monoisotopic (exact) mass is 430 g/mol. The number of urea groups is 1. The van der Waals surface area contributed by atoms with E-state index in [9.17, 15) is 14.4 Å². The minimum absolute atomic E-state index is 0.0135.